The summed E-state index contributed by atoms with van der Waals surface area (Å²) < 4.78 is 37.2. The van der Waals surface area contributed by atoms with Crippen molar-refractivity contribution in [3.05, 3.63) is 47.5 Å². The van der Waals surface area contributed by atoms with Crippen LogP contribution in [0.25, 0.3) is 0 Å². The second-order valence-electron chi connectivity index (χ2n) is 7.66. The summed E-state index contributed by atoms with van der Waals surface area (Å²) in [5, 5.41) is 4.65. The average Bonchev–Trinajstić information content (AvgIpc) is 2.85. The summed E-state index contributed by atoms with van der Waals surface area (Å²) in [7, 11) is -3.79. The third kappa shape index (κ3) is 6.14. The number of amides is 2. The fraction of sp³-hybridized carbons (Fsp3) is 0.318. The Hall–Kier alpha value is -2.64. The van der Waals surface area contributed by atoms with Gasteiger partial charge >= 0.3 is 5.97 Å². The Bertz CT molecular complexity index is 1250. The largest absolute Gasteiger partial charge is 0.456 e. The number of carbonyl (C=O) groups excluding carboxylic acids is 3. The number of fused-ring (bicyclic) bond motifs is 1. The second-order valence-corrected chi connectivity index (χ2v) is 11.3. The van der Waals surface area contributed by atoms with Gasteiger partial charge in [-0.05, 0) is 30.3 Å². The standard InChI is InChI=1S/C22H22ClN3O7S2/c23-15-6-5-14(35(30,31)26-7-9-32-10-8-26)11-17(15)24-20(27)13-33-21(28)12-19-22(29)25-16-3-1-2-4-18(16)34-19/h1-6,11,19H,7-10,12-13H2,(H,24,27)(H,25,29)/t19-/m1/s1. The maximum Gasteiger partial charge on any atom is 0.307 e. The van der Waals surface area contributed by atoms with Gasteiger partial charge < -0.3 is 20.1 Å². The number of carbonyl (C=O) groups is 3. The van der Waals surface area contributed by atoms with Gasteiger partial charge in [-0.15, -0.1) is 11.8 Å². The first-order valence-corrected chi connectivity index (χ1v) is 13.3. The maximum atomic E-state index is 12.9. The van der Waals surface area contributed by atoms with Crippen LogP contribution in [0, 0.1) is 0 Å². The molecule has 2 aliphatic rings. The van der Waals surface area contributed by atoms with Crippen molar-refractivity contribution in [1.82, 2.24) is 4.31 Å². The van der Waals surface area contributed by atoms with Gasteiger partial charge in [0.1, 0.15) is 0 Å². The van der Waals surface area contributed by atoms with Gasteiger partial charge in [0.25, 0.3) is 5.91 Å². The number of halogens is 1. The number of morpholine rings is 1. The van der Waals surface area contributed by atoms with Gasteiger partial charge in [0, 0.05) is 18.0 Å². The third-order valence-electron chi connectivity index (χ3n) is 5.24. The zero-order valence-corrected chi connectivity index (χ0v) is 20.7. The van der Waals surface area contributed by atoms with E-state index in [4.69, 9.17) is 21.1 Å². The van der Waals surface area contributed by atoms with Crippen molar-refractivity contribution in [3.8, 4) is 0 Å². The number of ether oxygens (including phenoxy) is 2. The first-order chi connectivity index (χ1) is 16.7. The number of sulfonamides is 1. The molecule has 0 aliphatic carbocycles. The number of nitrogens with zero attached hydrogens (tertiary/aromatic N) is 1. The monoisotopic (exact) mass is 539 g/mol. The van der Waals surface area contributed by atoms with Crippen molar-refractivity contribution >= 4 is 62.5 Å². The van der Waals surface area contributed by atoms with Crippen molar-refractivity contribution in [3.63, 3.8) is 0 Å². The smallest absolute Gasteiger partial charge is 0.307 e. The molecule has 2 aliphatic heterocycles. The van der Waals surface area contributed by atoms with Crippen molar-refractivity contribution in [1.29, 1.82) is 0 Å². The van der Waals surface area contributed by atoms with E-state index in [0.29, 0.717) is 18.9 Å². The Morgan fingerprint density at radius 3 is 2.71 bits per heavy atom. The first-order valence-electron chi connectivity index (χ1n) is 10.6. The maximum absolute atomic E-state index is 12.9. The predicted octanol–water partition coefficient (Wildman–Crippen LogP) is 2.35. The SMILES string of the molecule is O=C(COC(=O)C[C@H]1Sc2ccccc2NC1=O)Nc1cc(S(=O)(=O)N2CCOCC2)ccc1Cl. The Balaban J connectivity index is 1.33. The van der Waals surface area contributed by atoms with E-state index in [1.807, 2.05) is 12.1 Å². The minimum absolute atomic E-state index is 0.0308. The zero-order chi connectivity index (χ0) is 25.0. The molecule has 2 heterocycles. The van der Waals surface area contributed by atoms with Crippen LogP contribution in [0.3, 0.4) is 0 Å². The van der Waals surface area contributed by atoms with E-state index < -0.39 is 33.8 Å². The van der Waals surface area contributed by atoms with Crippen LogP contribution in [-0.4, -0.2) is 68.7 Å². The van der Waals surface area contributed by atoms with E-state index >= 15 is 0 Å². The van der Waals surface area contributed by atoms with Gasteiger partial charge in [0.05, 0.1) is 46.2 Å². The normalized spacial score (nSPS) is 18.3. The van der Waals surface area contributed by atoms with Gasteiger partial charge in [-0.25, -0.2) is 8.42 Å². The Morgan fingerprint density at radius 2 is 1.94 bits per heavy atom. The number of rotatable bonds is 7. The molecule has 0 unspecified atom stereocenters. The molecule has 2 N–H and O–H groups in total. The molecule has 1 atom stereocenters. The topological polar surface area (TPSA) is 131 Å². The molecule has 0 aromatic heterocycles. The Kier molecular flexibility index (Phi) is 7.97. The van der Waals surface area contributed by atoms with E-state index in [1.165, 1.54) is 34.3 Å². The molecule has 2 amide bonds. The van der Waals surface area contributed by atoms with Crippen LogP contribution in [-0.2, 0) is 33.9 Å². The van der Waals surface area contributed by atoms with Crippen molar-refractivity contribution < 1.29 is 32.3 Å². The molecule has 2 aromatic carbocycles. The molecule has 13 heteroatoms. The summed E-state index contributed by atoms with van der Waals surface area (Å²) >= 11 is 7.38. The van der Waals surface area contributed by atoms with Crippen LogP contribution in [0.15, 0.2) is 52.3 Å². The molecule has 4 rings (SSSR count). The van der Waals surface area contributed by atoms with Gasteiger partial charge in [-0.1, -0.05) is 23.7 Å². The fourth-order valence-electron chi connectivity index (χ4n) is 3.47. The van der Waals surface area contributed by atoms with Gasteiger partial charge in [-0.2, -0.15) is 4.31 Å². The number of nitrogens with one attached hydrogen (secondary N) is 2. The van der Waals surface area contributed by atoms with Crippen LogP contribution in [0.5, 0.6) is 0 Å². The number of para-hydroxylation sites is 1. The molecule has 1 fully saturated rings. The molecule has 35 heavy (non-hydrogen) atoms. The van der Waals surface area contributed by atoms with Crippen molar-refractivity contribution in [2.24, 2.45) is 0 Å². The lowest BCUT2D eigenvalue weighted by atomic mass is 10.2. The van der Waals surface area contributed by atoms with Crippen LogP contribution >= 0.6 is 23.4 Å². The number of esters is 1. The Morgan fingerprint density at radius 1 is 1.20 bits per heavy atom. The lowest BCUT2D eigenvalue weighted by Crippen LogP contribution is -2.40. The number of hydrogen-bond donors (Lipinski definition) is 2. The van der Waals surface area contributed by atoms with E-state index in [9.17, 15) is 22.8 Å². The number of thioether (sulfide) groups is 1. The highest BCUT2D eigenvalue weighted by Gasteiger charge is 2.30. The van der Waals surface area contributed by atoms with Gasteiger partial charge in [0.2, 0.25) is 15.9 Å². The van der Waals surface area contributed by atoms with E-state index in [1.54, 1.807) is 12.1 Å². The Labute approximate surface area is 211 Å². The molecule has 0 bridgehead atoms. The highest BCUT2D eigenvalue weighted by Crippen LogP contribution is 2.36. The summed E-state index contributed by atoms with van der Waals surface area (Å²) in [6.45, 7) is 0.437. The molecule has 0 spiro atoms. The first kappa shape index (κ1) is 25.5. The minimum atomic E-state index is -3.79. The summed E-state index contributed by atoms with van der Waals surface area (Å²) in [4.78, 5) is 37.6. The highest BCUT2D eigenvalue weighted by atomic mass is 35.5. The molecule has 10 nitrogen and oxygen atoms in total. The second kappa shape index (κ2) is 11.0. The number of benzene rings is 2. The fourth-order valence-corrected chi connectivity index (χ4v) is 6.16. The summed E-state index contributed by atoms with van der Waals surface area (Å²) in [6, 6.07) is 11.2. The molecule has 186 valence electrons. The third-order valence-corrected chi connectivity index (χ3v) is 8.74. The minimum Gasteiger partial charge on any atom is -0.456 e. The lowest BCUT2D eigenvalue weighted by Gasteiger charge is -2.26. The highest BCUT2D eigenvalue weighted by molar-refractivity contribution is 8.01. The van der Waals surface area contributed by atoms with E-state index in [0.717, 1.165) is 4.90 Å². The molecular formula is C22H22ClN3O7S2. The van der Waals surface area contributed by atoms with Crippen LogP contribution in [0.1, 0.15) is 6.42 Å². The van der Waals surface area contributed by atoms with E-state index in [-0.39, 0.29) is 41.0 Å². The molecule has 2 aromatic rings. The predicted molar refractivity (Wildman–Crippen MR) is 130 cm³/mol. The van der Waals surface area contributed by atoms with Crippen LogP contribution in [0.4, 0.5) is 11.4 Å². The van der Waals surface area contributed by atoms with Crippen molar-refractivity contribution in [2.45, 2.75) is 21.5 Å². The molecule has 0 radical (unpaired) electrons. The summed E-state index contributed by atoms with van der Waals surface area (Å²) in [6.07, 6.45) is -0.216. The van der Waals surface area contributed by atoms with E-state index in [2.05, 4.69) is 10.6 Å². The molecule has 0 saturated carbocycles. The summed E-state index contributed by atoms with van der Waals surface area (Å²) in [5.41, 5.74) is 0.752. The molecular weight excluding hydrogens is 518 g/mol. The van der Waals surface area contributed by atoms with Gasteiger partial charge in [-0.3, -0.25) is 14.4 Å². The quantitative estimate of drug-likeness (QED) is 0.513. The van der Waals surface area contributed by atoms with Crippen molar-refractivity contribution in [2.75, 3.05) is 43.5 Å². The lowest BCUT2D eigenvalue weighted by molar-refractivity contribution is -0.147. The zero-order valence-electron chi connectivity index (χ0n) is 18.4. The van der Waals surface area contributed by atoms with Crippen LogP contribution < -0.4 is 10.6 Å². The molecule has 1 saturated heterocycles. The van der Waals surface area contributed by atoms with Crippen LogP contribution in [0.2, 0.25) is 5.02 Å². The summed E-state index contributed by atoms with van der Waals surface area (Å²) in [5.74, 6) is -1.74. The number of anilines is 2. The van der Waals surface area contributed by atoms with Gasteiger partial charge in [0.15, 0.2) is 6.61 Å². The average molecular weight is 540 g/mol. The number of hydrogen-bond acceptors (Lipinski definition) is 8.